The van der Waals surface area contributed by atoms with E-state index in [-0.39, 0.29) is 6.42 Å². The van der Waals surface area contributed by atoms with E-state index in [9.17, 15) is 18.0 Å². The van der Waals surface area contributed by atoms with Crippen LogP contribution in [-0.2, 0) is 11.0 Å². The molecule has 2 aromatic rings. The number of carboxylic acid groups (broad SMARTS) is 1. The average Bonchev–Trinajstić information content (AvgIpc) is 2.46. The van der Waals surface area contributed by atoms with Crippen molar-refractivity contribution in [1.29, 1.82) is 0 Å². The van der Waals surface area contributed by atoms with E-state index < -0.39 is 23.8 Å². The number of halogens is 3. The zero-order chi connectivity index (χ0) is 16.3. The maximum Gasteiger partial charge on any atom is 0.416 e. The first-order valence-electron chi connectivity index (χ1n) is 6.53. The second kappa shape index (κ2) is 6.19. The van der Waals surface area contributed by atoms with Crippen LogP contribution in [0, 0.1) is 0 Å². The number of hydrogen-bond acceptors (Lipinski definition) is 2. The molecule has 0 heterocycles. The molecule has 0 aliphatic heterocycles. The molecule has 6 heteroatoms. The van der Waals surface area contributed by atoms with Gasteiger partial charge in [0.25, 0.3) is 0 Å². The number of aliphatic carboxylic acids is 1. The third-order valence-electron chi connectivity index (χ3n) is 3.28. The van der Waals surface area contributed by atoms with E-state index in [4.69, 9.17) is 10.8 Å². The van der Waals surface area contributed by atoms with E-state index in [0.717, 1.165) is 12.1 Å². The van der Waals surface area contributed by atoms with Gasteiger partial charge in [-0.25, -0.2) is 0 Å². The Morgan fingerprint density at radius 2 is 1.68 bits per heavy atom. The molecular weight excluding hydrogens is 295 g/mol. The predicted octanol–water partition coefficient (Wildman–Crippen LogP) is 3.85. The van der Waals surface area contributed by atoms with Gasteiger partial charge in [-0.15, -0.1) is 0 Å². The smallest absolute Gasteiger partial charge is 0.416 e. The van der Waals surface area contributed by atoms with Gasteiger partial charge in [-0.05, 0) is 28.8 Å². The first-order valence-corrected chi connectivity index (χ1v) is 6.53. The molecule has 0 bridgehead atoms. The predicted molar refractivity (Wildman–Crippen MR) is 76.1 cm³/mol. The number of alkyl halides is 3. The van der Waals surface area contributed by atoms with Gasteiger partial charge in [-0.3, -0.25) is 4.79 Å². The molecule has 0 radical (unpaired) electrons. The molecule has 116 valence electrons. The molecule has 2 aromatic carbocycles. The second-order valence-electron chi connectivity index (χ2n) is 4.87. The van der Waals surface area contributed by atoms with Crippen molar-refractivity contribution in [2.75, 3.05) is 0 Å². The van der Waals surface area contributed by atoms with Crippen LogP contribution in [0.15, 0.2) is 48.5 Å². The topological polar surface area (TPSA) is 63.3 Å². The summed E-state index contributed by atoms with van der Waals surface area (Å²) < 4.78 is 37.8. The molecule has 0 aliphatic carbocycles. The number of benzene rings is 2. The van der Waals surface area contributed by atoms with E-state index in [2.05, 4.69) is 0 Å². The molecule has 0 aromatic heterocycles. The van der Waals surface area contributed by atoms with Gasteiger partial charge in [-0.1, -0.05) is 36.4 Å². The Hall–Kier alpha value is -2.34. The number of nitrogens with two attached hydrogens (primary N) is 1. The summed E-state index contributed by atoms with van der Waals surface area (Å²) in [5.41, 5.74) is 6.92. The quantitative estimate of drug-likeness (QED) is 0.901. The molecule has 1 atom stereocenters. The van der Waals surface area contributed by atoms with Crippen molar-refractivity contribution >= 4 is 5.97 Å². The Morgan fingerprint density at radius 3 is 2.23 bits per heavy atom. The zero-order valence-electron chi connectivity index (χ0n) is 11.5. The van der Waals surface area contributed by atoms with Crippen molar-refractivity contribution < 1.29 is 23.1 Å². The summed E-state index contributed by atoms with van der Waals surface area (Å²) in [6, 6.07) is 10.8. The largest absolute Gasteiger partial charge is 0.481 e. The maximum absolute atomic E-state index is 12.6. The second-order valence-corrected chi connectivity index (χ2v) is 4.87. The minimum absolute atomic E-state index is 0.252. The minimum atomic E-state index is -4.39. The van der Waals surface area contributed by atoms with Crippen LogP contribution in [-0.4, -0.2) is 11.1 Å². The van der Waals surface area contributed by atoms with E-state index in [1.165, 1.54) is 12.1 Å². The lowest BCUT2D eigenvalue weighted by molar-refractivity contribution is -0.138. The van der Waals surface area contributed by atoms with E-state index in [1.54, 1.807) is 24.3 Å². The summed E-state index contributed by atoms with van der Waals surface area (Å²) >= 11 is 0. The highest BCUT2D eigenvalue weighted by Crippen LogP contribution is 2.33. The molecule has 0 aliphatic rings. The van der Waals surface area contributed by atoms with Crippen LogP contribution in [0.3, 0.4) is 0 Å². The van der Waals surface area contributed by atoms with Crippen LogP contribution in [0.4, 0.5) is 13.2 Å². The molecular formula is C16H14F3NO2. The Labute approximate surface area is 125 Å². The Balaban J connectivity index is 2.39. The summed E-state index contributed by atoms with van der Waals surface area (Å²) in [7, 11) is 0. The third-order valence-corrected chi connectivity index (χ3v) is 3.28. The fraction of sp³-hybridized carbons (Fsp3) is 0.188. The fourth-order valence-electron chi connectivity index (χ4n) is 2.22. The maximum atomic E-state index is 12.6. The lowest BCUT2D eigenvalue weighted by Gasteiger charge is -2.15. The first-order chi connectivity index (χ1) is 10.3. The molecule has 2 rings (SSSR count). The third kappa shape index (κ3) is 3.65. The zero-order valence-corrected chi connectivity index (χ0v) is 11.5. The van der Waals surface area contributed by atoms with Gasteiger partial charge in [0.1, 0.15) is 0 Å². The molecule has 0 amide bonds. The van der Waals surface area contributed by atoms with E-state index in [0.29, 0.717) is 16.7 Å². The monoisotopic (exact) mass is 309 g/mol. The number of hydrogen-bond donors (Lipinski definition) is 2. The highest BCUT2D eigenvalue weighted by atomic mass is 19.4. The fourth-order valence-corrected chi connectivity index (χ4v) is 2.22. The van der Waals surface area contributed by atoms with Crippen LogP contribution in [0.25, 0.3) is 11.1 Å². The van der Waals surface area contributed by atoms with Gasteiger partial charge in [-0.2, -0.15) is 13.2 Å². The number of carboxylic acids is 1. The van der Waals surface area contributed by atoms with E-state index in [1.807, 2.05) is 0 Å². The summed E-state index contributed by atoms with van der Waals surface area (Å²) in [4.78, 5) is 10.8. The van der Waals surface area contributed by atoms with Gasteiger partial charge < -0.3 is 10.8 Å². The molecule has 1 unspecified atom stereocenters. The number of carbonyl (C=O) groups is 1. The van der Waals surface area contributed by atoms with Crippen molar-refractivity contribution in [1.82, 2.24) is 0 Å². The van der Waals surface area contributed by atoms with Crippen LogP contribution in [0.5, 0.6) is 0 Å². The van der Waals surface area contributed by atoms with Crippen molar-refractivity contribution in [2.45, 2.75) is 18.6 Å². The van der Waals surface area contributed by atoms with Gasteiger partial charge in [0.05, 0.1) is 12.0 Å². The summed E-state index contributed by atoms with van der Waals surface area (Å²) in [6.07, 6.45) is -4.64. The van der Waals surface area contributed by atoms with Crippen molar-refractivity contribution in [3.8, 4) is 11.1 Å². The molecule has 3 nitrogen and oxygen atoms in total. The Kier molecular flexibility index (Phi) is 4.51. The van der Waals surface area contributed by atoms with Crippen molar-refractivity contribution in [3.63, 3.8) is 0 Å². The minimum Gasteiger partial charge on any atom is -0.481 e. The van der Waals surface area contributed by atoms with Crippen LogP contribution in [0.1, 0.15) is 23.6 Å². The summed E-state index contributed by atoms with van der Waals surface area (Å²) in [6.45, 7) is 0. The van der Waals surface area contributed by atoms with E-state index >= 15 is 0 Å². The van der Waals surface area contributed by atoms with Crippen LogP contribution >= 0.6 is 0 Å². The van der Waals surface area contributed by atoms with Gasteiger partial charge in [0, 0.05) is 6.04 Å². The first kappa shape index (κ1) is 16.0. The Bertz CT molecular complexity index is 666. The molecule has 0 spiro atoms. The lowest BCUT2D eigenvalue weighted by Crippen LogP contribution is -2.15. The van der Waals surface area contributed by atoms with Gasteiger partial charge >= 0.3 is 12.1 Å². The SMILES string of the molecule is NC(CC(=O)O)c1ccccc1-c1ccc(C(F)(F)F)cc1. The molecule has 3 N–H and O–H groups in total. The van der Waals surface area contributed by atoms with Crippen molar-refractivity contribution in [2.24, 2.45) is 5.73 Å². The number of rotatable bonds is 4. The Morgan fingerprint density at radius 1 is 1.09 bits per heavy atom. The van der Waals surface area contributed by atoms with Gasteiger partial charge in [0.15, 0.2) is 0 Å². The highest BCUT2D eigenvalue weighted by molar-refractivity contribution is 5.72. The van der Waals surface area contributed by atoms with Gasteiger partial charge in [0.2, 0.25) is 0 Å². The van der Waals surface area contributed by atoms with Crippen molar-refractivity contribution in [3.05, 3.63) is 59.7 Å². The van der Waals surface area contributed by atoms with Crippen LogP contribution in [0.2, 0.25) is 0 Å². The summed E-state index contributed by atoms with van der Waals surface area (Å²) in [5, 5.41) is 8.83. The lowest BCUT2D eigenvalue weighted by atomic mass is 9.93. The molecule has 0 saturated heterocycles. The normalized spacial score (nSPS) is 12.9. The highest BCUT2D eigenvalue weighted by Gasteiger charge is 2.30. The standard InChI is InChI=1S/C16H14F3NO2/c17-16(18,19)11-7-5-10(6-8-11)12-3-1-2-4-13(12)14(20)9-15(21)22/h1-8,14H,9,20H2,(H,21,22). The molecule has 0 saturated carbocycles. The summed E-state index contributed by atoms with van der Waals surface area (Å²) in [5.74, 6) is -1.03. The molecule has 22 heavy (non-hydrogen) atoms. The average molecular weight is 309 g/mol. The molecule has 0 fully saturated rings. The van der Waals surface area contributed by atoms with Crippen LogP contribution < -0.4 is 5.73 Å².